The molecule has 4 heterocycles. The van der Waals surface area contributed by atoms with Crippen molar-refractivity contribution in [3.8, 4) is 0 Å². The Kier molecular flexibility index (Phi) is 4.91. The summed E-state index contributed by atoms with van der Waals surface area (Å²) in [6.07, 6.45) is 0. The van der Waals surface area contributed by atoms with Gasteiger partial charge in [-0.1, -0.05) is 49.6 Å². The van der Waals surface area contributed by atoms with Crippen LogP contribution in [0.25, 0.3) is 54.7 Å². The molecule has 40 heavy (non-hydrogen) atoms. The van der Waals surface area contributed by atoms with Crippen LogP contribution >= 0.6 is 0 Å². The lowest BCUT2D eigenvalue weighted by Gasteiger charge is -2.30. The first-order valence-corrected chi connectivity index (χ1v) is 13.2. The van der Waals surface area contributed by atoms with E-state index in [1.54, 1.807) is 9.13 Å². The van der Waals surface area contributed by atoms with Gasteiger partial charge in [0, 0.05) is 88.7 Å². The van der Waals surface area contributed by atoms with Crippen LogP contribution in [0.2, 0.25) is 0 Å². The first-order chi connectivity index (χ1) is 19.2. The summed E-state index contributed by atoms with van der Waals surface area (Å²) in [4.78, 5) is 29.2. The van der Waals surface area contributed by atoms with Crippen molar-refractivity contribution in [3.63, 3.8) is 0 Å². The summed E-state index contributed by atoms with van der Waals surface area (Å²) >= 11 is 0. The number of pyridine rings is 2. The van der Waals surface area contributed by atoms with Gasteiger partial charge in [0.1, 0.15) is 0 Å². The maximum atomic E-state index is 12.5. The Balaban J connectivity index is 0.000000132. The van der Waals surface area contributed by atoms with E-state index >= 15 is 0 Å². The van der Waals surface area contributed by atoms with Crippen molar-refractivity contribution in [2.24, 2.45) is 14.1 Å². The van der Waals surface area contributed by atoms with Gasteiger partial charge in [0.05, 0.1) is 16.7 Å². The summed E-state index contributed by atoms with van der Waals surface area (Å²) in [5.41, 5.74) is 8.22. The van der Waals surface area contributed by atoms with Gasteiger partial charge in [0.25, 0.3) is 11.1 Å². The topological polar surface area (TPSA) is 50.5 Å². The molecule has 196 valence electrons. The number of hydrogen-bond acceptors (Lipinski definition) is 4. The van der Waals surface area contributed by atoms with Gasteiger partial charge in [0.2, 0.25) is 0 Å². The molecule has 0 saturated carbocycles. The smallest absolute Gasteiger partial charge is 0.258 e. The van der Waals surface area contributed by atoms with Crippen molar-refractivity contribution in [1.82, 2.24) is 9.13 Å². The highest BCUT2D eigenvalue weighted by molar-refractivity contribution is 6.21. The van der Waals surface area contributed by atoms with Crippen molar-refractivity contribution < 1.29 is 0 Å². The van der Waals surface area contributed by atoms with Gasteiger partial charge in [-0.2, -0.15) is 0 Å². The van der Waals surface area contributed by atoms with Crippen molar-refractivity contribution in [1.29, 1.82) is 0 Å². The fourth-order valence-electron chi connectivity index (χ4n) is 6.40. The van der Waals surface area contributed by atoms with E-state index in [4.69, 9.17) is 0 Å². The average Bonchev–Trinajstić information content (AvgIpc) is 2.99. The van der Waals surface area contributed by atoms with Crippen LogP contribution in [-0.4, -0.2) is 23.2 Å². The van der Waals surface area contributed by atoms with Crippen LogP contribution in [0.15, 0.2) is 95.5 Å². The van der Waals surface area contributed by atoms with Gasteiger partial charge in [-0.05, 0) is 36.4 Å². The van der Waals surface area contributed by atoms with E-state index in [1.807, 2.05) is 88.9 Å². The second-order valence-electron chi connectivity index (χ2n) is 10.5. The lowest BCUT2D eigenvalue weighted by Crippen LogP contribution is -2.23. The molecule has 0 unspecified atom stereocenters. The lowest BCUT2D eigenvalue weighted by atomic mass is 9.94. The van der Waals surface area contributed by atoms with Crippen LogP contribution in [0.1, 0.15) is 11.1 Å². The minimum Gasteiger partial charge on any atom is -0.344 e. The molecule has 2 aliphatic rings. The quantitative estimate of drug-likeness (QED) is 0.221. The highest BCUT2D eigenvalue weighted by atomic mass is 16.1. The fourth-order valence-corrected chi connectivity index (χ4v) is 6.40. The van der Waals surface area contributed by atoms with E-state index in [2.05, 4.69) is 35.1 Å². The van der Waals surface area contributed by atoms with Gasteiger partial charge in [-0.25, -0.2) is 0 Å². The third-order valence-corrected chi connectivity index (χ3v) is 8.62. The summed E-state index contributed by atoms with van der Waals surface area (Å²) in [5, 5.41) is 5.86. The van der Waals surface area contributed by atoms with E-state index in [0.29, 0.717) is 0 Å². The largest absolute Gasteiger partial charge is 0.344 e. The molecule has 4 aromatic carbocycles. The second kappa shape index (κ2) is 8.20. The Morgan fingerprint density at radius 1 is 0.500 bits per heavy atom. The minimum atomic E-state index is 0.0452. The van der Waals surface area contributed by atoms with E-state index < -0.39 is 0 Å². The second-order valence-corrected chi connectivity index (χ2v) is 10.5. The Labute approximate surface area is 230 Å². The minimum absolute atomic E-state index is 0.0452. The van der Waals surface area contributed by atoms with Crippen LogP contribution in [0.5, 0.6) is 0 Å². The maximum Gasteiger partial charge on any atom is 0.258 e. The van der Waals surface area contributed by atoms with E-state index in [0.717, 1.165) is 77.2 Å². The molecule has 0 bridgehead atoms. The molecule has 6 nitrogen and oxygen atoms in total. The number of aryl methyl sites for hydroxylation is 2. The molecule has 2 aromatic heterocycles. The van der Waals surface area contributed by atoms with Crippen LogP contribution in [-0.2, 0) is 14.1 Å². The summed E-state index contributed by atoms with van der Waals surface area (Å²) in [6.45, 7) is 8.37. The van der Waals surface area contributed by atoms with E-state index in [-0.39, 0.29) is 11.1 Å². The van der Waals surface area contributed by atoms with Gasteiger partial charge in [-0.15, -0.1) is 0 Å². The third kappa shape index (κ3) is 2.93. The van der Waals surface area contributed by atoms with Gasteiger partial charge in [-0.3, -0.25) is 9.59 Å². The lowest BCUT2D eigenvalue weighted by molar-refractivity contribution is 0.917. The first-order valence-electron chi connectivity index (χ1n) is 13.2. The standard InChI is InChI=1S/2C17H14N2O/c1-10-11-6-4-9-14-15(11)16-12(17(20)19(14)3)7-5-8-13(16)18(10)2;1-10-11-6-4-7-12-15(11)16-13(18(10)2)8-5-9-14(16)19(3)17(12)20/h2*4-9H,1H2,2-3H3. The molecule has 0 spiro atoms. The van der Waals surface area contributed by atoms with Crippen molar-refractivity contribution in [2.75, 3.05) is 23.9 Å². The van der Waals surface area contributed by atoms with Crippen molar-refractivity contribution in [2.45, 2.75) is 0 Å². The Morgan fingerprint density at radius 2 is 0.925 bits per heavy atom. The zero-order valence-electron chi connectivity index (χ0n) is 22.9. The molecule has 0 aliphatic carbocycles. The molecule has 0 radical (unpaired) electrons. The number of hydrogen-bond donors (Lipinski definition) is 0. The number of rotatable bonds is 0. The summed E-state index contributed by atoms with van der Waals surface area (Å²) < 4.78 is 3.45. The average molecular weight is 525 g/mol. The summed E-state index contributed by atoms with van der Waals surface area (Å²) in [7, 11) is 7.67. The molecule has 2 aliphatic heterocycles. The number of anilines is 2. The van der Waals surface area contributed by atoms with Crippen LogP contribution < -0.4 is 20.9 Å². The number of benzene rings is 4. The molecule has 6 aromatic rings. The number of nitrogens with zero attached hydrogens (tertiary/aromatic N) is 4. The summed E-state index contributed by atoms with van der Waals surface area (Å²) in [6, 6.07) is 23.9. The predicted molar refractivity (Wildman–Crippen MR) is 168 cm³/mol. The van der Waals surface area contributed by atoms with Gasteiger partial charge in [0.15, 0.2) is 0 Å². The molecule has 0 fully saturated rings. The van der Waals surface area contributed by atoms with Crippen LogP contribution in [0, 0.1) is 0 Å². The first kappa shape index (κ1) is 24.0. The molecule has 0 N–H and O–H groups in total. The zero-order chi connectivity index (χ0) is 28.0. The van der Waals surface area contributed by atoms with E-state index in [9.17, 15) is 9.59 Å². The molecular formula is C34H28N4O2. The van der Waals surface area contributed by atoms with Crippen LogP contribution in [0.4, 0.5) is 11.4 Å². The van der Waals surface area contributed by atoms with E-state index in [1.165, 1.54) is 0 Å². The zero-order valence-corrected chi connectivity index (χ0v) is 22.9. The number of aromatic nitrogens is 2. The molecule has 0 atom stereocenters. The molecule has 0 saturated heterocycles. The highest BCUT2D eigenvalue weighted by Crippen LogP contribution is 2.43. The van der Waals surface area contributed by atoms with Gasteiger partial charge < -0.3 is 18.9 Å². The Hall–Kier alpha value is -5.10. The Bertz CT molecular complexity index is 2250. The van der Waals surface area contributed by atoms with Crippen molar-refractivity contribution in [3.05, 3.63) is 118 Å². The predicted octanol–water partition coefficient (Wildman–Crippen LogP) is 6.22. The molecule has 6 heteroatoms. The van der Waals surface area contributed by atoms with Crippen LogP contribution in [0.3, 0.4) is 0 Å². The Morgan fingerprint density at radius 3 is 1.52 bits per heavy atom. The molecule has 0 amide bonds. The molecular weight excluding hydrogens is 496 g/mol. The SMILES string of the molecule is C=C1c2cccc3c(=O)n(C)c4cccc(c4c23)N1C.C=C1c2cccc3c2c2c(cccc2c(=O)n3C)N1C. The summed E-state index contributed by atoms with van der Waals surface area (Å²) in [5.74, 6) is 0. The highest BCUT2D eigenvalue weighted by Gasteiger charge is 2.25. The molecule has 8 rings (SSSR count). The third-order valence-electron chi connectivity index (χ3n) is 8.62. The monoisotopic (exact) mass is 524 g/mol. The maximum absolute atomic E-state index is 12.5. The van der Waals surface area contributed by atoms with Crippen molar-refractivity contribution >= 4 is 66.1 Å². The fraction of sp³-hybridized carbons (Fsp3) is 0.118. The van der Waals surface area contributed by atoms with Gasteiger partial charge >= 0.3 is 0 Å². The normalized spacial score (nSPS) is 13.7.